The first kappa shape index (κ1) is 25.5. The number of carbonyl (C=O) groups excluding carboxylic acids is 1. The van der Waals surface area contributed by atoms with Gasteiger partial charge in [0.05, 0.1) is 17.6 Å². The molecule has 5 rings (SSSR count). The van der Waals surface area contributed by atoms with Gasteiger partial charge in [-0.15, -0.1) is 0 Å². The van der Waals surface area contributed by atoms with Gasteiger partial charge >= 0.3 is 29.6 Å². The summed E-state index contributed by atoms with van der Waals surface area (Å²) in [4.78, 5) is 13.0. The molecular formula is C23H30N5NaO4S. The number of nitrogens with one attached hydrogen (secondary N) is 1. The molecular weight excluding hydrogens is 465 g/mol. The van der Waals surface area contributed by atoms with Crippen molar-refractivity contribution < 1.29 is 47.5 Å². The average Bonchev–Trinajstić information content (AvgIpc) is 3.51. The summed E-state index contributed by atoms with van der Waals surface area (Å²) >= 11 is 0. The third kappa shape index (κ3) is 4.75. The van der Waals surface area contributed by atoms with Gasteiger partial charge in [0.25, 0.3) is 10.2 Å². The zero-order valence-electron chi connectivity index (χ0n) is 20.1. The zero-order chi connectivity index (χ0) is 23.2. The molecule has 2 aromatic rings. The van der Waals surface area contributed by atoms with E-state index in [-0.39, 0.29) is 35.6 Å². The Morgan fingerprint density at radius 2 is 1.76 bits per heavy atom. The van der Waals surface area contributed by atoms with Crippen LogP contribution in [0.5, 0.6) is 0 Å². The Labute approximate surface area is 223 Å². The maximum atomic E-state index is 13.5. The molecule has 2 amide bonds. The molecule has 0 radical (unpaired) electrons. The van der Waals surface area contributed by atoms with Crippen LogP contribution in [0, 0.1) is 6.92 Å². The predicted octanol–water partition coefficient (Wildman–Crippen LogP) is 0.546. The molecule has 0 spiro atoms. The summed E-state index contributed by atoms with van der Waals surface area (Å²) in [6.45, 7) is 2.73. The smallest absolute Gasteiger partial charge is 0.423 e. The molecule has 1 aromatic heterocycles. The van der Waals surface area contributed by atoms with Crippen molar-refractivity contribution in [2.24, 2.45) is 7.05 Å². The monoisotopic (exact) mass is 495 g/mol. The van der Waals surface area contributed by atoms with Crippen LogP contribution in [0.25, 0.3) is 4.72 Å². The maximum Gasteiger partial charge on any atom is 1.00 e. The molecule has 0 bridgehead atoms. The van der Waals surface area contributed by atoms with Crippen LogP contribution < -0.4 is 39.2 Å². The van der Waals surface area contributed by atoms with E-state index in [0.29, 0.717) is 37.4 Å². The number of nitrogens with zero attached hydrogens (tertiary/aromatic N) is 4. The van der Waals surface area contributed by atoms with Crippen molar-refractivity contribution in [2.45, 2.75) is 64.3 Å². The third-order valence-electron chi connectivity index (χ3n) is 7.12. The first-order valence-corrected chi connectivity index (χ1v) is 13.1. The van der Waals surface area contributed by atoms with E-state index in [0.717, 1.165) is 55.3 Å². The van der Waals surface area contributed by atoms with Crippen LogP contribution in [0.3, 0.4) is 0 Å². The van der Waals surface area contributed by atoms with E-state index in [4.69, 9.17) is 4.74 Å². The van der Waals surface area contributed by atoms with Gasteiger partial charge in [0.15, 0.2) is 6.03 Å². The van der Waals surface area contributed by atoms with E-state index in [1.165, 1.54) is 21.6 Å². The molecule has 1 aromatic carbocycles. The topological polar surface area (TPSA) is 108 Å². The summed E-state index contributed by atoms with van der Waals surface area (Å²) in [6.07, 6.45) is 8.48. The molecule has 178 valence electrons. The van der Waals surface area contributed by atoms with E-state index in [2.05, 4.69) is 21.2 Å². The number of benzene rings is 1. The molecule has 0 unspecified atom stereocenters. The largest absolute Gasteiger partial charge is 1.00 e. The van der Waals surface area contributed by atoms with Gasteiger partial charge in [0, 0.05) is 26.3 Å². The number of hydrogen-bond donors (Lipinski definition) is 1. The van der Waals surface area contributed by atoms with Crippen LogP contribution in [-0.4, -0.2) is 43.5 Å². The summed E-state index contributed by atoms with van der Waals surface area (Å²) < 4.78 is 39.0. The second-order valence-corrected chi connectivity index (χ2v) is 10.6. The quantitative estimate of drug-likeness (QED) is 0.610. The Hall–Kier alpha value is -1.59. The van der Waals surface area contributed by atoms with Crippen LogP contribution in [-0.2, 0) is 47.7 Å². The van der Waals surface area contributed by atoms with Crippen molar-refractivity contribution in [1.29, 1.82) is 0 Å². The number of rotatable bonds is 5. The molecule has 1 N–H and O–H groups in total. The van der Waals surface area contributed by atoms with Gasteiger partial charge in [-0.25, -0.2) is 8.42 Å². The summed E-state index contributed by atoms with van der Waals surface area (Å²) in [5.74, 6) is 0. The summed E-state index contributed by atoms with van der Waals surface area (Å²) in [5.41, 5.74) is 6.74. The van der Waals surface area contributed by atoms with Crippen LogP contribution in [0.15, 0.2) is 12.3 Å². The standard InChI is InChI=1S/C23H31N5O4S.Na/c1-15-21(14-24-27(15)2)28(18-9-11-32-12-10-18)33(30,31)26-23(29)25-22-19-7-3-5-16(19)13-17-6-4-8-20(17)22;/h13-14,18H,3-12H2,1-2H3,(H2,25,26,29);/q;+1/p-1. The van der Waals surface area contributed by atoms with E-state index < -0.39 is 16.2 Å². The SMILES string of the molecule is Cc1c(N(C2CCOCC2)S(=O)(=O)[N-]C(=O)Nc2c3c(cc4c2CCC4)CCC3)cnn1C.[Na+]. The molecule has 34 heavy (non-hydrogen) atoms. The summed E-state index contributed by atoms with van der Waals surface area (Å²) in [6, 6.07) is 1.09. The second-order valence-electron chi connectivity index (χ2n) is 9.11. The second kappa shape index (κ2) is 10.2. The Bertz CT molecular complexity index is 1160. The van der Waals surface area contributed by atoms with Crippen molar-refractivity contribution in [3.05, 3.63) is 44.9 Å². The zero-order valence-corrected chi connectivity index (χ0v) is 22.9. The number of anilines is 2. The fraction of sp³-hybridized carbons (Fsp3) is 0.565. The Balaban J connectivity index is 0.00000274. The van der Waals surface area contributed by atoms with Crippen LogP contribution in [0.2, 0.25) is 0 Å². The third-order valence-corrected chi connectivity index (χ3v) is 8.51. The first-order valence-electron chi connectivity index (χ1n) is 11.7. The molecule has 2 aliphatic carbocycles. The molecule has 1 fully saturated rings. The number of carbonyl (C=O) groups is 1. The van der Waals surface area contributed by atoms with Crippen molar-refractivity contribution in [3.8, 4) is 0 Å². The van der Waals surface area contributed by atoms with Gasteiger partial charge in [-0.3, -0.25) is 13.8 Å². The molecule has 0 saturated carbocycles. The molecule has 3 aliphatic rings. The number of aromatic nitrogens is 2. The number of hydrogen-bond acceptors (Lipinski definition) is 5. The van der Waals surface area contributed by atoms with Crippen molar-refractivity contribution in [2.75, 3.05) is 22.8 Å². The normalized spacial score (nSPS) is 17.6. The van der Waals surface area contributed by atoms with Crippen LogP contribution >= 0.6 is 0 Å². The Kier molecular flexibility index (Phi) is 7.64. The number of fused-ring (bicyclic) bond motifs is 2. The van der Waals surface area contributed by atoms with Crippen molar-refractivity contribution in [1.82, 2.24) is 9.78 Å². The van der Waals surface area contributed by atoms with Crippen LogP contribution in [0.4, 0.5) is 16.2 Å². The van der Waals surface area contributed by atoms with E-state index in [1.54, 1.807) is 18.7 Å². The van der Waals surface area contributed by atoms with Crippen LogP contribution in [0.1, 0.15) is 53.6 Å². The summed E-state index contributed by atoms with van der Waals surface area (Å²) in [5, 5.41) is 7.08. The maximum absolute atomic E-state index is 13.5. The van der Waals surface area contributed by atoms with Gasteiger partial charge in [-0.2, -0.15) is 5.10 Å². The molecule has 2 heterocycles. The van der Waals surface area contributed by atoms with E-state index >= 15 is 0 Å². The summed E-state index contributed by atoms with van der Waals surface area (Å²) in [7, 11) is -2.54. The minimum Gasteiger partial charge on any atom is -0.423 e. The minimum atomic E-state index is -4.29. The van der Waals surface area contributed by atoms with Gasteiger partial charge in [-0.05, 0) is 86.2 Å². The van der Waals surface area contributed by atoms with Gasteiger partial charge in [0.2, 0.25) is 0 Å². The van der Waals surface area contributed by atoms with Crippen molar-refractivity contribution in [3.63, 3.8) is 0 Å². The number of amides is 2. The predicted molar refractivity (Wildman–Crippen MR) is 126 cm³/mol. The fourth-order valence-electron chi connectivity index (χ4n) is 5.38. The molecule has 11 heteroatoms. The fourth-order valence-corrected chi connectivity index (χ4v) is 6.74. The van der Waals surface area contributed by atoms with Crippen molar-refractivity contribution >= 4 is 27.6 Å². The van der Waals surface area contributed by atoms with E-state index in [1.807, 2.05) is 0 Å². The number of ether oxygens (including phenoxy) is 1. The molecule has 0 atom stereocenters. The average molecular weight is 496 g/mol. The number of urea groups is 1. The Morgan fingerprint density at radius 1 is 1.15 bits per heavy atom. The van der Waals surface area contributed by atoms with Gasteiger partial charge in [0.1, 0.15) is 0 Å². The molecule has 9 nitrogen and oxygen atoms in total. The molecule has 1 saturated heterocycles. The van der Waals surface area contributed by atoms with Gasteiger partial charge in [-0.1, -0.05) is 6.07 Å². The number of aryl methyl sites for hydroxylation is 3. The molecule has 1 aliphatic heterocycles. The van der Waals surface area contributed by atoms with E-state index in [9.17, 15) is 13.2 Å². The Morgan fingerprint density at radius 3 is 2.32 bits per heavy atom. The first-order chi connectivity index (χ1) is 15.8. The van der Waals surface area contributed by atoms with Gasteiger partial charge < -0.3 is 14.8 Å². The minimum absolute atomic E-state index is 0.